The lowest BCUT2D eigenvalue weighted by molar-refractivity contribution is -0.116. The van der Waals surface area contributed by atoms with Gasteiger partial charge in [-0.25, -0.2) is 15.0 Å². The van der Waals surface area contributed by atoms with E-state index in [1.165, 1.54) is 11.3 Å². The van der Waals surface area contributed by atoms with E-state index in [9.17, 15) is 4.79 Å². The molecule has 0 aromatic carbocycles. The molecule has 106 valence electrons. The lowest BCUT2D eigenvalue weighted by atomic mass is 10.3. The lowest BCUT2D eigenvalue weighted by Gasteiger charge is -2.03. The second-order valence-electron chi connectivity index (χ2n) is 4.27. The molecule has 0 unspecified atom stereocenters. The molecule has 2 aromatic rings. The SMILES string of the molecule is Cc1cc(C)nc(SCCCC(=O)Nc2nccs2)n1. The summed E-state index contributed by atoms with van der Waals surface area (Å²) in [6.45, 7) is 3.92. The topological polar surface area (TPSA) is 67.8 Å². The van der Waals surface area contributed by atoms with Crippen LogP contribution in [0.3, 0.4) is 0 Å². The van der Waals surface area contributed by atoms with Crippen LogP contribution in [0.25, 0.3) is 0 Å². The van der Waals surface area contributed by atoms with Gasteiger partial charge in [-0.1, -0.05) is 11.8 Å². The highest BCUT2D eigenvalue weighted by molar-refractivity contribution is 7.99. The maximum Gasteiger partial charge on any atom is 0.226 e. The van der Waals surface area contributed by atoms with Gasteiger partial charge in [-0.15, -0.1) is 11.3 Å². The molecule has 1 amide bonds. The summed E-state index contributed by atoms with van der Waals surface area (Å²) in [7, 11) is 0. The van der Waals surface area contributed by atoms with E-state index in [1.54, 1.807) is 18.0 Å². The molecule has 7 heteroatoms. The molecule has 2 aromatic heterocycles. The summed E-state index contributed by atoms with van der Waals surface area (Å²) in [6.07, 6.45) is 2.95. The van der Waals surface area contributed by atoms with Crippen molar-refractivity contribution in [3.05, 3.63) is 29.0 Å². The number of carbonyl (C=O) groups excluding carboxylic acids is 1. The number of nitrogens with one attached hydrogen (secondary N) is 1. The number of hydrogen-bond acceptors (Lipinski definition) is 6. The summed E-state index contributed by atoms with van der Waals surface area (Å²) < 4.78 is 0. The molecule has 0 fully saturated rings. The molecule has 2 heterocycles. The van der Waals surface area contributed by atoms with Gasteiger partial charge in [-0.3, -0.25) is 4.79 Å². The van der Waals surface area contributed by atoms with E-state index in [2.05, 4.69) is 20.3 Å². The molecule has 0 saturated heterocycles. The van der Waals surface area contributed by atoms with Gasteiger partial charge >= 0.3 is 0 Å². The Bertz CT molecular complexity index is 552. The number of amides is 1. The van der Waals surface area contributed by atoms with Crippen LogP contribution in [0.1, 0.15) is 24.2 Å². The summed E-state index contributed by atoms with van der Waals surface area (Å²) in [5, 5.41) is 6.04. The Hall–Kier alpha value is -1.47. The van der Waals surface area contributed by atoms with Crippen LogP contribution in [0, 0.1) is 13.8 Å². The van der Waals surface area contributed by atoms with Crippen molar-refractivity contribution in [3.8, 4) is 0 Å². The maximum atomic E-state index is 11.6. The van der Waals surface area contributed by atoms with Gasteiger partial charge in [-0.2, -0.15) is 0 Å². The number of carbonyl (C=O) groups is 1. The molecule has 1 N–H and O–H groups in total. The highest BCUT2D eigenvalue weighted by atomic mass is 32.2. The second kappa shape index (κ2) is 7.35. The molecule has 0 aliphatic rings. The summed E-state index contributed by atoms with van der Waals surface area (Å²) in [5.74, 6) is 0.829. The first-order valence-electron chi connectivity index (χ1n) is 6.28. The smallest absolute Gasteiger partial charge is 0.226 e. The molecular formula is C13H16N4OS2. The molecule has 0 spiro atoms. The third kappa shape index (κ3) is 4.90. The highest BCUT2D eigenvalue weighted by Gasteiger charge is 2.05. The van der Waals surface area contributed by atoms with Crippen LogP contribution < -0.4 is 5.32 Å². The van der Waals surface area contributed by atoms with Crippen molar-refractivity contribution >= 4 is 34.1 Å². The van der Waals surface area contributed by atoms with Crippen LogP contribution in [0.4, 0.5) is 5.13 Å². The maximum absolute atomic E-state index is 11.6. The highest BCUT2D eigenvalue weighted by Crippen LogP contribution is 2.16. The summed E-state index contributed by atoms with van der Waals surface area (Å²) in [6, 6.07) is 1.95. The number of thiazole rings is 1. The van der Waals surface area contributed by atoms with E-state index >= 15 is 0 Å². The Morgan fingerprint density at radius 1 is 1.35 bits per heavy atom. The van der Waals surface area contributed by atoms with Crippen molar-refractivity contribution in [1.29, 1.82) is 0 Å². The zero-order valence-corrected chi connectivity index (χ0v) is 13.1. The summed E-state index contributed by atoms with van der Waals surface area (Å²) in [5.41, 5.74) is 1.95. The normalized spacial score (nSPS) is 10.5. The van der Waals surface area contributed by atoms with E-state index < -0.39 is 0 Å². The average molecular weight is 308 g/mol. The van der Waals surface area contributed by atoms with E-state index in [0.717, 1.165) is 28.7 Å². The van der Waals surface area contributed by atoms with Gasteiger partial charge in [0.25, 0.3) is 0 Å². The molecule has 0 aliphatic heterocycles. The minimum Gasteiger partial charge on any atom is -0.302 e. The zero-order valence-electron chi connectivity index (χ0n) is 11.4. The van der Waals surface area contributed by atoms with Gasteiger partial charge in [-0.05, 0) is 26.3 Å². The van der Waals surface area contributed by atoms with E-state index in [4.69, 9.17) is 0 Å². The Morgan fingerprint density at radius 2 is 2.10 bits per heavy atom. The Labute approximate surface area is 126 Å². The molecule has 0 atom stereocenters. The third-order valence-electron chi connectivity index (χ3n) is 2.42. The van der Waals surface area contributed by atoms with E-state index in [-0.39, 0.29) is 5.91 Å². The first-order valence-corrected chi connectivity index (χ1v) is 8.14. The Morgan fingerprint density at radius 3 is 2.75 bits per heavy atom. The predicted octanol–water partition coefficient (Wildman–Crippen LogP) is 3.06. The van der Waals surface area contributed by atoms with Crippen molar-refractivity contribution < 1.29 is 4.79 Å². The minimum atomic E-state index is 0.00175. The number of nitrogens with zero attached hydrogens (tertiary/aromatic N) is 3. The first kappa shape index (κ1) is 14.9. The Kier molecular flexibility index (Phi) is 5.49. The van der Waals surface area contributed by atoms with Gasteiger partial charge < -0.3 is 5.32 Å². The number of anilines is 1. The monoisotopic (exact) mass is 308 g/mol. The van der Waals surface area contributed by atoms with Crippen LogP contribution in [0.2, 0.25) is 0 Å². The Balaban J connectivity index is 1.69. The second-order valence-corrected chi connectivity index (χ2v) is 6.23. The van der Waals surface area contributed by atoms with E-state index in [0.29, 0.717) is 11.6 Å². The number of rotatable bonds is 6. The molecule has 2 rings (SSSR count). The molecular weight excluding hydrogens is 292 g/mol. The van der Waals surface area contributed by atoms with Crippen LogP contribution in [-0.4, -0.2) is 26.6 Å². The molecule has 20 heavy (non-hydrogen) atoms. The average Bonchev–Trinajstić information content (AvgIpc) is 2.86. The molecule has 0 aliphatic carbocycles. The van der Waals surface area contributed by atoms with Gasteiger partial charge in [0.05, 0.1) is 0 Å². The standard InChI is InChI=1S/C13H16N4OS2/c1-9-8-10(2)16-13(15-9)19-6-3-4-11(18)17-12-14-5-7-20-12/h5,7-8H,3-4,6H2,1-2H3,(H,14,17,18). The van der Waals surface area contributed by atoms with Crippen LogP contribution in [0.5, 0.6) is 0 Å². The summed E-state index contributed by atoms with van der Waals surface area (Å²) >= 11 is 3.01. The van der Waals surface area contributed by atoms with Gasteiger partial charge in [0.2, 0.25) is 5.91 Å². The fourth-order valence-corrected chi connectivity index (χ4v) is 3.05. The largest absolute Gasteiger partial charge is 0.302 e. The minimum absolute atomic E-state index is 0.00175. The number of thioether (sulfide) groups is 1. The lowest BCUT2D eigenvalue weighted by Crippen LogP contribution is -2.11. The van der Waals surface area contributed by atoms with Crippen molar-refractivity contribution in [1.82, 2.24) is 15.0 Å². The van der Waals surface area contributed by atoms with Gasteiger partial charge in [0.15, 0.2) is 10.3 Å². The quantitative estimate of drug-likeness (QED) is 0.504. The van der Waals surface area contributed by atoms with Crippen LogP contribution in [0.15, 0.2) is 22.8 Å². The molecule has 5 nitrogen and oxygen atoms in total. The summed E-state index contributed by atoms with van der Waals surface area (Å²) in [4.78, 5) is 24.4. The third-order valence-corrected chi connectivity index (χ3v) is 4.04. The fraction of sp³-hybridized carbons (Fsp3) is 0.385. The molecule has 0 saturated carbocycles. The van der Waals surface area contributed by atoms with Crippen LogP contribution in [-0.2, 0) is 4.79 Å². The molecule has 0 radical (unpaired) electrons. The number of aromatic nitrogens is 3. The predicted molar refractivity (Wildman–Crippen MR) is 82.2 cm³/mol. The number of hydrogen-bond donors (Lipinski definition) is 1. The van der Waals surface area contributed by atoms with Gasteiger partial charge in [0, 0.05) is 35.1 Å². The van der Waals surface area contributed by atoms with Crippen LogP contribution >= 0.6 is 23.1 Å². The fourth-order valence-electron chi connectivity index (χ4n) is 1.62. The zero-order chi connectivity index (χ0) is 14.4. The van der Waals surface area contributed by atoms with E-state index in [1.807, 2.05) is 25.3 Å². The first-order chi connectivity index (χ1) is 9.63. The van der Waals surface area contributed by atoms with Gasteiger partial charge in [0.1, 0.15) is 0 Å². The van der Waals surface area contributed by atoms with Crippen molar-refractivity contribution in [2.75, 3.05) is 11.1 Å². The van der Waals surface area contributed by atoms with Crippen molar-refractivity contribution in [2.45, 2.75) is 31.8 Å². The molecule has 0 bridgehead atoms. The van der Waals surface area contributed by atoms with Crippen molar-refractivity contribution in [3.63, 3.8) is 0 Å². The van der Waals surface area contributed by atoms with Crippen molar-refractivity contribution in [2.24, 2.45) is 0 Å². The number of aryl methyl sites for hydroxylation is 2.